The quantitative estimate of drug-likeness (QED) is 0.312. The van der Waals surface area contributed by atoms with Crippen LogP contribution in [0.1, 0.15) is 44.7 Å². The first kappa shape index (κ1) is 25.5. The van der Waals surface area contributed by atoms with E-state index in [-0.39, 0.29) is 0 Å². The van der Waals surface area contributed by atoms with Gasteiger partial charge in [-0.25, -0.2) is 9.78 Å². The molecular weight excluding hydrogens is 418 g/mol. The standard InChI is InChI=1S/C25H25NO5.C2H6/c1-5-19-8-7-9-20(16-19)24-26-23(17(3)31-24)14-15-29-21-10-12-22(13-11-21)30-18(4)25(27)28-6-2;1-2/h1,7-13,16,18H,6,14-15H2,2-4H3;1-2H3. The summed E-state index contributed by atoms with van der Waals surface area (Å²) in [5.41, 5.74) is 2.46. The number of oxazole rings is 1. The zero-order valence-electron chi connectivity index (χ0n) is 19.9. The Hall–Kier alpha value is -3.72. The van der Waals surface area contributed by atoms with E-state index in [1.807, 2.05) is 45.0 Å². The van der Waals surface area contributed by atoms with Gasteiger partial charge in [0.1, 0.15) is 17.3 Å². The average Bonchev–Trinajstić information content (AvgIpc) is 3.22. The van der Waals surface area contributed by atoms with Gasteiger partial charge in [-0.3, -0.25) is 0 Å². The maximum atomic E-state index is 11.6. The highest BCUT2D eigenvalue weighted by molar-refractivity contribution is 5.74. The highest BCUT2D eigenvalue weighted by Crippen LogP contribution is 2.23. The first-order valence-electron chi connectivity index (χ1n) is 11.1. The van der Waals surface area contributed by atoms with Gasteiger partial charge >= 0.3 is 5.97 Å². The van der Waals surface area contributed by atoms with Crippen LogP contribution in [0.2, 0.25) is 0 Å². The van der Waals surface area contributed by atoms with E-state index >= 15 is 0 Å². The van der Waals surface area contributed by atoms with Crippen LogP contribution in [0.5, 0.6) is 11.5 Å². The predicted octanol–water partition coefficient (Wildman–Crippen LogP) is 5.61. The Morgan fingerprint density at radius 3 is 2.52 bits per heavy atom. The monoisotopic (exact) mass is 449 g/mol. The second kappa shape index (κ2) is 13.0. The fourth-order valence-electron chi connectivity index (χ4n) is 2.92. The molecule has 2 aromatic carbocycles. The fourth-order valence-corrected chi connectivity index (χ4v) is 2.92. The zero-order valence-corrected chi connectivity index (χ0v) is 19.9. The molecule has 0 aliphatic heterocycles. The number of aromatic nitrogens is 1. The lowest BCUT2D eigenvalue weighted by Crippen LogP contribution is -2.25. The minimum absolute atomic E-state index is 0.323. The lowest BCUT2D eigenvalue weighted by Gasteiger charge is -2.13. The van der Waals surface area contributed by atoms with E-state index in [4.69, 9.17) is 25.1 Å². The molecule has 0 saturated carbocycles. The molecule has 1 atom stereocenters. The summed E-state index contributed by atoms with van der Waals surface area (Å²) >= 11 is 0. The maximum Gasteiger partial charge on any atom is 0.347 e. The molecule has 0 spiro atoms. The Balaban J connectivity index is 0.00000187. The summed E-state index contributed by atoms with van der Waals surface area (Å²) in [6, 6.07) is 14.6. The normalized spacial score (nSPS) is 10.9. The number of aryl methyl sites for hydroxylation is 1. The lowest BCUT2D eigenvalue weighted by molar-refractivity contribution is -0.150. The van der Waals surface area contributed by atoms with Gasteiger partial charge in [0.25, 0.3) is 0 Å². The van der Waals surface area contributed by atoms with Crippen molar-refractivity contribution in [1.82, 2.24) is 4.98 Å². The predicted molar refractivity (Wildman–Crippen MR) is 128 cm³/mol. The van der Waals surface area contributed by atoms with E-state index in [0.717, 1.165) is 22.6 Å². The molecule has 0 bridgehead atoms. The van der Waals surface area contributed by atoms with Gasteiger partial charge in [0.05, 0.1) is 18.9 Å². The molecule has 0 fully saturated rings. The van der Waals surface area contributed by atoms with Crippen molar-refractivity contribution in [2.75, 3.05) is 13.2 Å². The molecule has 1 unspecified atom stereocenters. The van der Waals surface area contributed by atoms with E-state index in [1.165, 1.54) is 0 Å². The Kier molecular flexibility index (Phi) is 10.0. The molecule has 0 aliphatic carbocycles. The Morgan fingerprint density at radius 2 is 1.85 bits per heavy atom. The van der Waals surface area contributed by atoms with Gasteiger partial charge in [0.15, 0.2) is 6.10 Å². The van der Waals surface area contributed by atoms with Gasteiger partial charge in [-0.15, -0.1) is 6.42 Å². The van der Waals surface area contributed by atoms with E-state index < -0.39 is 12.1 Å². The number of terminal acetylenes is 1. The molecule has 3 rings (SSSR count). The number of esters is 1. The van der Waals surface area contributed by atoms with Crippen LogP contribution in [-0.2, 0) is 16.0 Å². The smallest absolute Gasteiger partial charge is 0.347 e. The molecule has 6 nitrogen and oxygen atoms in total. The summed E-state index contributed by atoms with van der Waals surface area (Å²) in [4.78, 5) is 16.2. The maximum absolute atomic E-state index is 11.6. The highest BCUT2D eigenvalue weighted by atomic mass is 16.6. The largest absolute Gasteiger partial charge is 0.493 e. The van der Waals surface area contributed by atoms with Gasteiger partial charge in [-0.2, -0.15) is 0 Å². The van der Waals surface area contributed by atoms with Crippen LogP contribution in [0, 0.1) is 19.3 Å². The second-order valence-corrected chi connectivity index (χ2v) is 6.83. The minimum atomic E-state index is -0.669. The fraction of sp³-hybridized carbons (Fsp3) is 0.333. The Morgan fingerprint density at radius 1 is 1.15 bits per heavy atom. The van der Waals surface area contributed by atoms with Crippen molar-refractivity contribution in [3.63, 3.8) is 0 Å². The summed E-state index contributed by atoms with van der Waals surface area (Å²) in [5, 5.41) is 0. The first-order chi connectivity index (χ1) is 16.0. The van der Waals surface area contributed by atoms with Gasteiger partial charge in [0.2, 0.25) is 5.89 Å². The molecule has 174 valence electrons. The van der Waals surface area contributed by atoms with Crippen LogP contribution >= 0.6 is 0 Å². The molecule has 0 radical (unpaired) electrons. The summed E-state index contributed by atoms with van der Waals surface area (Å²) in [6.45, 7) is 10.1. The van der Waals surface area contributed by atoms with Crippen LogP contribution < -0.4 is 9.47 Å². The number of ether oxygens (including phenoxy) is 3. The molecular formula is C27H31NO5. The highest BCUT2D eigenvalue weighted by Gasteiger charge is 2.16. The summed E-state index contributed by atoms with van der Waals surface area (Å²) in [5.74, 6) is 4.78. The third-order valence-electron chi connectivity index (χ3n) is 4.53. The summed E-state index contributed by atoms with van der Waals surface area (Å²) < 4.78 is 22.1. The van der Waals surface area contributed by atoms with Crippen molar-refractivity contribution in [1.29, 1.82) is 0 Å². The van der Waals surface area contributed by atoms with Crippen LogP contribution in [0.25, 0.3) is 11.5 Å². The third kappa shape index (κ3) is 7.43. The van der Waals surface area contributed by atoms with E-state index in [0.29, 0.717) is 37.0 Å². The number of rotatable bonds is 9. The number of carbonyl (C=O) groups is 1. The Labute approximate surface area is 195 Å². The zero-order chi connectivity index (χ0) is 24.2. The topological polar surface area (TPSA) is 70.8 Å². The molecule has 3 aromatic rings. The second-order valence-electron chi connectivity index (χ2n) is 6.83. The molecule has 33 heavy (non-hydrogen) atoms. The van der Waals surface area contributed by atoms with Crippen molar-refractivity contribution in [2.24, 2.45) is 0 Å². The van der Waals surface area contributed by atoms with Crippen LogP contribution in [0.3, 0.4) is 0 Å². The van der Waals surface area contributed by atoms with Gasteiger partial charge in [0, 0.05) is 17.5 Å². The molecule has 0 N–H and O–H groups in total. The summed E-state index contributed by atoms with van der Waals surface area (Å²) in [7, 11) is 0. The van der Waals surface area contributed by atoms with Gasteiger partial charge < -0.3 is 18.6 Å². The lowest BCUT2D eigenvalue weighted by atomic mass is 10.1. The van der Waals surface area contributed by atoms with Crippen LogP contribution in [-0.4, -0.2) is 30.3 Å². The van der Waals surface area contributed by atoms with Crippen LogP contribution in [0.4, 0.5) is 0 Å². The van der Waals surface area contributed by atoms with Crippen molar-refractivity contribution < 1.29 is 23.4 Å². The number of benzene rings is 2. The van der Waals surface area contributed by atoms with E-state index in [2.05, 4.69) is 10.9 Å². The van der Waals surface area contributed by atoms with Crippen molar-refractivity contribution in [3.05, 3.63) is 65.5 Å². The minimum Gasteiger partial charge on any atom is -0.493 e. The average molecular weight is 450 g/mol. The Bertz CT molecular complexity index is 1060. The van der Waals surface area contributed by atoms with Gasteiger partial charge in [-0.1, -0.05) is 25.8 Å². The van der Waals surface area contributed by atoms with Crippen molar-refractivity contribution >= 4 is 5.97 Å². The molecule has 0 amide bonds. The molecule has 1 aromatic heterocycles. The van der Waals surface area contributed by atoms with Crippen molar-refractivity contribution in [3.8, 4) is 35.3 Å². The van der Waals surface area contributed by atoms with Crippen LogP contribution in [0.15, 0.2) is 52.9 Å². The van der Waals surface area contributed by atoms with Crippen molar-refractivity contribution in [2.45, 2.75) is 47.1 Å². The van der Waals surface area contributed by atoms with E-state index in [1.54, 1.807) is 38.1 Å². The number of hydrogen-bond donors (Lipinski definition) is 0. The number of nitrogens with zero attached hydrogens (tertiary/aromatic N) is 1. The molecule has 6 heteroatoms. The molecule has 0 aliphatic rings. The van der Waals surface area contributed by atoms with Gasteiger partial charge in [-0.05, 0) is 63.2 Å². The molecule has 1 heterocycles. The molecule has 0 saturated heterocycles. The SMILES string of the molecule is C#Cc1cccc(-c2nc(CCOc3ccc(OC(C)C(=O)OCC)cc3)c(C)o2)c1.CC. The summed E-state index contributed by atoms with van der Waals surface area (Å²) in [6.07, 6.45) is 5.40. The first-order valence-corrected chi connectivity index (χ1v) is 11.1. The number of carbonyl (C=O) groups excluding carboxylic acids is 1. The number of hydrogen-bond acceptors (Lipinski definition) is 6. The third-order valence-corrected chi connectivity index (χ3v) is 4.53. The van der Waals surface area contributed by atoms with E-state index in [9.17, 15) is 4.79 Å².